The van der Waals surface area contributed by atoms with Gasteiger partial charge in [0.1, 0.15) is 24.9 Å². The highest BCUT2D eigenvalue weighted by molar-refractivity contribution is 5.94. The second kappa shape index (κ2) is 13.9. The van der Waals surface area contributed by atoms with Crippen molar-refractivity contribution in [3.8, 4) is 0 Å². The standard InChI is InChI=1S/C29H41FN6O4/c1-20-24(17-31-19-33-20)29(11-12-29)28(39)35-25(27(37)38)10-15-36(18-23(16-30)40-2)14-4-3-7-22-9-8-21-6-5-13-32-26(21)34-22/h8-9,17,19,23,25H,3-7,10-16,18H2,1-2H3,(H,32,34)(H,35,39)(H,37,38)/t23-,25+/m1/s1. The molecule has 0 radical (unpaired) electrons. The van der Waals surface area contributed by atoms with Crippen LogP contribution < -0.4 is 10.6 Å². The molecule has 0 spiro atoms. The topological polar surface area (TPSA) is 130 Å². The second-order valence-corrected chi connectivity index (χ2v) is 10.9. The number of halogens is 1. The maximum Gasteiger partial charge on any atom is 0.326 e. The number of hydrogen-bond acceptors (Lipinski definition) is 8. The van der Waals surface area contributed by atoms with Gasteiger partial charge in [0.2, 0.25) is 5.91 Å². The van der Waals surface area contributed by atoms with Crippen molar-refractivity contribution in [1.29, 1.82) is 0 Å². The van der Waals surface area contributed by atoms with Crippen LogP contribution in [-0.2, 0) is 32.6 Å². The van der Waals surface area contributed by atoms with E-state index in [-0.39, 0.29) is 12.3 Å². The number of methoxy groups -OCH3 is 1. The third kappa shape index (κ3) is 7.51. The summed E-state index contributed by atoms with van der Waals surface area (Å²) < 4.78 is 18.7. The van der Waals surface area contributed by atoms with Crippen LogP contribution in [0.25, 0.3) is 0 Å². The summed E-state index contributed by atoms with van der Waals surface area (Å²) in [4.78, 5) is 40.4. The number of aliphatic carboxylic acids is 1. The fourth-order valence-corrected chi connectivity index (χ4v) is 5.39. The van der Waals surface area contributed by atoms with Gasteiger partial charge in [0, 0.05) is 49.9 Å². The number of pyridine rings is 1. The number of rotatable bonds is 16. The summed E-state index contributed by atoms with van der Waals surface area (Å²) >= 11 is 0. The molecule has 4 rings (SSSR count). The summed E-state index contributed by atoms with van der Waals surface area (Å²) in [6, 6.07) is 3.18. The van der Waals surface area contributed by atoms with Crippen molar-refractivity contribution in [3.63, 3.8) is 0 Å². The molecule has 1 amide bonds. The van der Waals surface area contributed by atoms with Crippen LogP contribution in [0.15, 0.2) is 24.7 Å². The van der Waals surface area contributed by atoms with E-state index in [0.29, 0.717) is 32.5 Å². The fourth-order valence-electron chi connectivity index (χ4n) is 5.39. The number of carbonyl (C=O) groups excluding carboxylic acids is 1. The van der Waals surface area contributed by atoms with Crippen molar-refractivity contribution >= 4 is 17.7 Å². The number of fused-ring (bicyclic) bond motifs is 1. The molecule has 2 aromatic rings. The quantitative estimate of drug-likeness (QED) is 0.267. The van der Waals surface area contributed by atoms with E-state index < -0.39 is 30.2 Å². The van der Waals surface area contributed by atoms with E-state index in [0.717, 1.165) is 61.4 Å². The number of nitrogens with zero attached hydrogens (tertiary/aromatic N) is 4. The number of ether oxygens (including phenoxy) is 1. The van der Waals surface area contributed by atoms with Gasteiger partial charge >= 0.3 is 5.97 Å². The molecule has 11 heteroatoms. The Bertz CT molecular complexity index is 1160. The van der Waals surface area contributed by atoms with Crippen LogP contribution in [0.4, 0.5) is 10.2 Å². The van der Waals surface area contributed by atoms with Gasteiger partial charge in [-0.3, -0.25) is 4.79 Å². The molecule has 2 aliphatic rings. The maximum atomic E-state index is 13.5. The van der Waals surface area contributed by atoms with Gasteiger partial charge in [-0.15, -0.1) is 0 Å². The van der Waals surface area contributed by atoms with Crippen LogP contribution in [0.5, 0.6) is 0 Å². The number of carbonyl (C=O) groups is 2. The lowest BCUT2D eigenvalue weighted by molar-refractivity contribution is -0.142. The Morgan fingerprint density at radius 3 is 2.80 bits per heavy atom. The number of carboxylic acid groups (broad SMARTS) is 1. The van der Waals surface area contributed by atoms with E-state index in [2.05, 4.69) is 32.7 Å². The molecule has 2 atom stereocenters. The zero-order chi connectivity index (χ0) is 28.5. The lowest BCUT2D eigenvalue weighted by atomic mass is 9.94. The highest BCUT2D eigenvalue weighted by atomic mass is 19.1. The highest BCUT2D eigenvalue weighted by Crippen LogP contribution is 2.49. The van der Waals surface area contributed by atoms with Crippen molar-refractivity contribution in [1.82, 2.24) is 25.2 Å². The molecule has 40 heavy (non-hydrogen) atoms. The smallest absolute Gasteiger partial charge is 0.326 e. The minimum atomic E-state index is -1.09. The summed E-state index contributed by atoms with van der Waals surface area (Å²) in [7, 11) is 1.48. The van der Waals surface area contributed by atoms with E-state index >= 15 is 0 Å². The van der Waals surface area contributed by atoms with Gasteiger partial charge in [0.25, 0.3) is 0 Å². The van der Waals surface area contributed by atoms with E-state index in [4.69, 9.17) is 9.72 Å². The van der Waals surface area contributed by atoms with Crippen LogP contribution >= 0.6 is 0 Å². The van der Waals surface area contributed by atoms with Gasteiger partial charge in [-0.05, 0) is 76.5 Å². The van der Waals surface area contributed by atoms with E-state index in [9.17, 15) is 19.1 Å². The van der Waals surface area contributed by atoms with E-state index in [1.165, 1.54) is 19.0 Å². The largest absolute Gasteiger partial charge is 0.480 e. The lowest BCUT2D eigenvalue weighted by Gasteiger charge is -2.27. The molecule has 10 nitrogen and oxygen atoms in total. The van der Waals surface area contributed by atoms with Crippen LogP contribution in [0.2, 0.25) is 0 Å². The zero-order valence-corrected chi connectivity index (χ0v) is 23.5. The van der Waals surface area contributed by atoms with Gasteiger partial charge in [-0.2, -0.15) is 0 Å². The first kappa shape index (κ1) is 29.8. The molecule has 0 saturated heterocycles. The fraction of sp³-hybridized carbons (Fsp3) is 0.621. The van der Waals surface area contributed by atoms with Crippen LogP contribution in [0.1, 0.15) is 61.0 Å². The van der Waals surface area contributed by atoms with Gasteiger partial charge in [-0.25, -0.2) is 24.1 Å². The Balaban J connectivity index is 1.32. The molecule has 1 aliphatic carbocycles. The average Bonchev–Trinajstić information content (AvgIpc) is 3.77. The Morgan fingerprint density at radius 2 is 2.10 bits per heavy atom. The highest BCUT2D eigenvalue weighted by Gasteiger charge is 2.53. The molecule has 0 aromatic carbocycles. The number of carboxylic acids is 1. The number of anilines is 1. The average molecular weight is 557 g/mol. The predicted molar refractivity (Wildman–Crippen MR) is 149 cm³/mol. The molecule has 0 unspecified atom stereocenters. The maximum absolute atomic E-state index is 13.5. The number of hydrogen-bond donors (Lipinski definition) is 3. The molecule has 1 aliphatic heterocycles. The zero-order valence-electron chi connectivity index (χ0n) is 23.5. The number of unbranched alkanes of at least 4 members (excludes halogenated alkanes) is 1. The molecule has 1 saturated carbocycles. The summed E-state index contributed by atoms with van der Waals surface area (Å²) in [6.07, 6.45) is 8.70. The number of amides is 1. The van der Waals surface area contributed by atoms with Crippen molar-refractivity contribution in [2.45, 2.75) is 75.9 Å². The van der Waals surface area contributed by atoms with Crippen LogP contribution in [0.3, 0.4) is 0 Å². The van der Waals surface area contributed by atoms with Crippen LogP contribution in [-0.4, -0.2) is 88.9 Å². The number of aryl methyl sites for hydroxylation is 3. The number of nitrogens with one attached hydrogen (secondary N) is 2. The van der Waals surface area contributed by atoms with Gasteiger partial charge in [0.15, 0.2) is 0 Å². The van der Waals surface area contributed by atoms with Gasteiger partial charge in [0.05, 0.1) is 11.5 Å². The number of alkyl halides is 1. The second-order valence-electron chi connectivity index (χ2n) is 10.9. The van der Waals surface area contributed by atoms with Crippen molar-refractivity contribution in [2.75, 3.05) is 45.3 Å². The summed E-state index contributed by atoms with van der Waals surface area (Å²) in [5, 5.41) is 16.0. The Labute approximate surface area is 235 Å². The first-order valence-electron chi connectivity index (χ1n) is 14.2. The Hall–Kier alpha value is -3.18. The monoisotopic (exact) mass is 556 g/mol. The molecule has 3 heterocycles. The minimum Gasteiger partial charge on any atom is -0.480 e. The molecule has 0 bridgehead atoms. The number of aromatic nitrogens is 3. The molecular weight excluding hydrogens is 515 g/mol. The third-order valence-electron chi connectivity index (χ3n) is 8.03. The van der Waals surface area contributed by atoms with Gasteiger partial charge in [-0.1, -0.05) is 6.07 Å². The van der Waals surface area contributed by atoms with Gasteiger partial charge < -0.3 is 25.4 Å². The normalized spacial score (nSPS) is 17.0. The minimum absolute atomic E-state index is 0.197. The summed E-state index contributed by atoms with van der Waals surface area (Å²) in [5.41, 5.74) is 3.00. The first-order valence-corrected chi connectivity index (χ1v) is 14.2. The Kier molecular flexibility index (Phi) is 10.4. The van der Waals surface area contributed by atoms with Crippen molar-refractivity contribution in [2.24, 2.45) is 0 Å². The van der Waals surface area contributed by atoms with Crippen LogP contribution in [0, 0.1) is 6.92 Å². The molecule has 218 valence electrons. The molecule has 1 fully saturated rings. The molecular formula is C29H41FN6O4. The van der Waals surface area contributed by atoms with Crippen molar-refractivity contribution < 1.29 is 23.8 Å². The van der Waals surface area contributed by atoms with E-state index in [1.54, 1.807) is 6.20 Å². The molecule has 2 aromatic heterocycles. The predicted octanol–water partition coefficient (Wildman–Crippen LogP) is 2.84. The SMILES string of the molecule is CO[C@H](CF)CN(CCCCc1ccc2c(n1)NCCC2)CC[C@H](NC(=O)C1(c2cncnc2C)CC1)C(=O)O. The Morgan fingerprint density at radius 1 is 1.27 bits per heavy atom. The third-order valence-corrected chi connectivity index (χ3v) is 8.03. The lowest BCUT2D eigenvalue weighted by Crippen LogP contribution is -2.48. The van der Waals surface area contributed by atoms with Crippen molar-refractivity contribution in [3.05, 3.63) is 47.2 Å². The first-order chi connectivity index (χ1) is 19.4. The summed E-state index contributed by atoms with van der Waals surface area (Å²) in [5.74, 6) is -0.415. The molecule has 3 N–H and O–H groups in total. The summed E-state index contributed by atoms with van der Waals surface area (Å²) in [6.45, 7) is 3.55. The van der Waals surface area contributed by atoms with E-state index in [1.807, 2.05) is 11.8 Å².